The molecule has 2 aromatic heterocycles. The summed E-state index contributed by atoms with van der Waals surface area (Å²) in [4.78, 5) is 24.2. The summed E-state index contributed by atoms with van der Waals surface area (Å²) in [7, 11) is 6.71. The van der Waals surface area contributed by atoms with Crippen LogP contribution in [0.25, 0.3) is 10.2 Å². The lowest BCUT2D eigenvalue weighted by Crippen LogP contribution is -2.21. The number of nitrogens with zero attached hydrogens (tertiary/aromatic N) is 3. The van der Waals surface area contributed by atoms with Crippen LogP contribution in [0.3, 0.4) is 0 Å². The van der Waals surface area contributed by atoms with Gasteiger partial charge in [-0.1, -0.05) is 12.1 Å². The number of methoxy groups -OCH3 is 2. The minimum atomic E-state index is -0.0316. The molecule has 1 aromatic carbocycles. The van der Waals surface area contributed by atoms with Crippen LogP contribution in [0, 0.1) is 6.92 Å². The number of thiophene rings is 1. The normalized spacial score (nSPS) is 10.7. The first-order valence-corrected chi connectivity index (χ1v) is 9.19. The number of hydrogen-bond acceptors (Lipinski definition) is 7. The van der Waals surface area contributed by atoms with Crippen LogP contribution in [0.15, 0.2) is 24.5 Å². The van der Waals surface area contributed by atoms with Gasteiger partial charge in [0.25, 0.3) is 5.91 Å². The topological polar surface area (TPSA) is 76.6 Å². The SMILES string of the molecule is COc1cccc(CNc2ncnc3sc(C(=O)N(C)C)c(C)c23)c1OC. The zero-order valence-electron chi connectivity index (χ0n) is 16.0. The zero-order chi connectivity index (χ0) is 19.6. The van der Waals surface area contributed by atoms with Gasteiger partial charge in [-0.15, -0.1) is 11.3 Å². The molecule has 142 valence electrons. The second-order valence-corrected chi connectivity index (χ2v) is 7.16. The van der Waals surface area contributed by atoms with Crippen LogP contribution < -0.4 is 14.8 Å². The van der Waals surface area contributed by atoms with Crippen LogP contribution in [0.4, 0.5) is 5.82 Å². The van der Waals surface area contributed by atoms with Crippen molar-refractivity contribution >= 4 is 33.3 Å². The summed E-state index contributed by atoms with van der Waals surface area (Å²) in [5.41, 5.74) is 1.83. The Kier molecular flexibility index (Phi) is 5.46. The van der Waals surface area contributed by atoms with Crippen molar-refractivity contribution in [3.05, 3.63) is 40.5 Å². The van der Waals surface area contributed by atoms with Crippen LogP contribution in [-0.2, 0) is 6.54 Å². The third-order valence-corrected chi connectivity index (χ3v) is 5.45. The fourth-order valence-electron chi connectivity index (χ4n) is 2.88. The van der Waals surface area contributed by atoms with E-state index in [1.54, 1.807) is 33.2 Å². The maximum atomic E-state index is 12.4. The maximum Gasteiger partial charge on any atom is 0.263 e. The van der Waals surface area contributed by atoms with Crippen LogP contribution in [0.2, 0.25) is 0 Å². The van der Waals surface area contributed by atoms with Crippen molar-refractivity contribution in [1.82, 2.24) is 14.9 Å². The lowest BCUT2D eigenvalue weighted by atomic mass is 10.1. The Balaban J connectivity index is 1.96. The van der Waals surface area contributed by atoms with Crippen molar-refractivity contribution in [1.29, 1.82) is 0 Å². The van der Waals surface area contributed by atoms with Crippen molar-refractivity contribution in [2.75, 3.05) is 33.6 Å². The largest absolute Gasteiger partial charge is 0.493 e. The maximum absolute atomic E-state index is 12.4. The lowest BCUT2D eigenvalue weighted by molar-refractivity contribution is 0.0831. The molecule has 1 amide bonds. The van der Waals surface area contributed by atoms with Gasteiger partial charge in [0.1, 0.15) is 17.0 Å². The monoisotopic (exact) mass is 386 g/mol. The molecule has 8 heteroatoms. The second-order valence-electron chi connectivity index (χ2n) is 6.16. The number of nitrogens with one attached hydrogen (secondary N) is 1. The van der Waals surface area contributed by atoms with Gasteiger partial charge in [-0.25, -0.2) is 9.97 Å². The molecule has 0 saturated heterocycles. The number of benzene rings is 1. The summed E-state index contributed by atoms with van der Waals surface area (Å²) in [5, 5.41) is 4.22. The molecule has 0 aliphatic carbocycles. The first kappa shape index (κ1) is 18.9. The Morgan fingerprint density at radius 1 is 1.22 bits per heavy atom. The van der Waals surface area contributed by atoms with Crippen molar-refractivity contribution in [2.45, 2.75) is 13.5 Å². The van der Waals surface area contributed by atoms with Gasteiger partial charge in [0, 0.05) is 26.2 Å². The number of anilines is 1. The molecule has 0 radical (unpaired) electrons. The van der Waals surface area contributed by atoms with E-state index in [9.17, 15) is 4.79 Å². The van der Waals surface area contributed by atoms with E-state index in [1.807, 2.05) is 25.1 Å². The lowest BCUT2D eigenvalue weighted by Gasteiger charge is -2.14. The molecule has 0 bridgehead atoms. The van der Waals surface area contributed by atoms with Gasteiger partial charge >= 0.3 is 0 Å². The first-order chi connectivity index (χ1) is 13.0. The highest BCUT2D eigenvalue weighted by atomic mass is 32.1. The highest BCUT2D eigenvalue weighted by Crippen LogP contribution is 2.35. The number of rotatable bonds is 6. The third-order valence-electron chi connectivity index (χ3n) is 4.26. The van der Waals surface area contributed by atoms with Gasteiger partial charge in [0.15, 0.2) is 11.5 Å². The van der Waals surface area contributed by atoms with Crippen LogP contribution in [0.5, 0.6) is 11.5 Å². The average Bonchev–Trinajstić information content (AvgIpc) is 3.02. The van der Waals surface area contributed by atoms with Crippen LogP contribution in [0.1, 0.15) is 20.8 Å². The molecule has 1 N–H and O–H groups in total. The predicted octanol–water partition coefficient (Wildman–Crippen LogP) is 3.33. The minimum absolute atomic E-state index is 0.0316. The van der Waals surface area contributed by atoms with Gasteiger partial charge in [-0.05, 0) is 18.6 Å². The number of para-hydroxylation sites is 1. The van der Waals surface area contributed by atoms with Gasteiger partial charge in [-0.2, -0.15) is 0 Å². The number of carbonyl (C=O) groups excluding carboxylic acids is 1. The Labute approximate surface area is 162 Å². The average molecular weight is 386 g/mol. The Bertz CT molecular complexity index is 984. The predicted molar refractivity (Wildman–Crippen MR) is 107 cm³/mol. The molecule has 2 heterocycles. The summed E-state index contributed by atoms with van der Waals surface area (Å²) in [6, 6.07) is 5.74. The third kappa shape index (κ3) is 3.52. The van der Waals surface area contributed by atoms with Gasteiger partial charge in [0.2, 0.25) is 0 Å². The summed E-state index contributed by atoms with van der Waals surface area (Å²) in [5.74, 6) is 2.02. The van der Waals surface area contributed by atoms with E-state index in [0.29, 0.717) is 28.7 Å². The molecular formula is C19H22N4O3S. The van der Waals surface area contributed by atoms with Crippen LogP contribution in [-0.4, -0.2) is 49.1 Å². The molecule has 0 atom stereocenters. The molecule has 0 fully saturated rings. The number of fused-ring (bicyclic) bond motifs is 1. The van der Waals surface area contributed by atoms with Gasteiger partial charge in [-0.3, -0.25) is 4.79 Å². The summed E-state index contributed by atoms with van der Waals surface area (Å²) >= 11 is 1.38. The van der Waals surface area contributed by atoms with Crippen molar-refractivity contribution < 1.29 is 14.3 Å². The minimum Gasteiger partial charge on any atom is -0.493 e. The standard InChI is InChI=1S/C19H22N4O3S/c1-11-14-17(20-9-12-7-6-8-13(25-4)15(12)26-5)21-10-22-18(14)27-16(11)19(24)23(2)3/h6-8,10H,9H2,1-5H3,(H,20,21,22). The molecule has 27 heavy (non-hydrogen) atoms. The van der Waals surface area contributed by atoms with E-state index < -0.39 is 0 Å². The van der Waals surface area contributed by atoms with E-state index in [0.717, 1.165) is 21.3 Å². The Morgan fingerprint density at radius 3 is 2.67 bits per heavy atom. The number of carbonyl (C=O) groups is 1. The highest BCUT2D eigenvalue weighted by molar-refractivity contribution is 7.20. The Hall–Kier alpha value is -2.87. The van der Waals surface area contributed by atoms with E-state index in [-0.39, 0.29) is 5.91 Å². The van der Waals surface area contributed by atoms with Crippen molar-refractivity contribution in [3.8, 4) is 11.5 Å². The van der Waals surface area contributed by atoms with E-state index in [2.05, 4.69) is 15.3 Å². The smallest absolute Gasteiger partial charge is 0.263 e. The van der Waals surface area contributed by atoms with Crippen molar-refractivity contribution in [2.24, 2.45) is 0 Å². The molecule has 3 aromatic rings. The number of aromatic nitrogens is 2. The molecule has 0 aliphatic rings. The Morgan fingerprint density at radius 2 is 2.00 bits per heavy atom. The van der Waals surface area contributed by atoms with E-state index in [1.165, 1.54) is 17.7 Å². The van der Waals surface area contributed by atoms with E-state index in [4.69, 9.17) is 9.47 Å². The number of ether oxygens (including phenoxy) is 2. The number of aryl methyl sites for hydroxylation is 1. The summed E-state index contributed by atoms with van der Waals surface area (Å²) in [6.07, 6.45) is 1.51. The van der Waals surface area contributed by atoms with Crippen LogP contribution >= 0.6 is 11.3 Å². The van der Waals surface area contributed by atoms with Gasteiger partial charge in [0.05, 0.1) is 24.5 Å². The second kappa shape index (κ2) is 7.79. The number of hydrogen-bond donors (Lipinski definition) is 1. The zero-order valence-corrected chi connectivity index (χ0v) is 16.8. The molecule has 0 saturated carbocycles. The molecular weight excluding hydrogens is 364 g/mol. The fourth-order valence-corrected chi connectivity index (χ4v) is 4.05. The first-order valence-electron chi connectivity index (χ1n) is 8.37. The van der Waals surface area contributed by atoms with E-state index >= 15 is 0 Å². The molecule has 0 spiro atoms. The number of amides is 1. The summed E-state index contributed by atoms with van der Waals surface area (Å²) < 4.78 is 10.8. The molecule has 3 rings (SSSR count). The molecule has 0 unspecified atom stereocenters. The quantitative estimate of drug-likeness (QED) is 0.700. The van der Waals surface area contributed by atoms with Gasteiger partial charge < -0.3 is 19.7 Å². The molecule has 7 nitrogen and oxygen atoms in total. The summed E-state index contributed by atoms with van der Waals surface area (Å²) in [6.45, 7) is 2.43. The molecule has 0 aliphatic heterocycles. The fraction of sp³-hybridized carbons (Fsp3) is 0.316. The highest BCUT2D eigenvalue weighted by Gasteiger charge is 2.20. The van der Waals surface area contributed by atoms with Crippen molar-refractivity contribution in [3.63, 3.8) is 0 Å².